The summed E-state index contributed by atoms with van der Waals surface area (Å²) in [4.78, 5) is 8.93. The Morgan fingerprint density at radius 2 is 2.18 bits per heavy atom. The molecule has 0 saturated heterocycles. The molecule has 2 aliphatic rings. The molecule has 2 unspecified atom stereocenters. The van der Waals surface area contributed by atoms with Crippen molar-refractivity contribution in [1.29, 1.82) is 0 Å². The van der Waals surface area contributed by atoms with E-state index in [1.165, 1.54) is 5.57 Å². The van der Waals surface area contributed by atoms with Crippen LogP contribution in [0.15, 0.2) is 51.0 Å². The number of rotatable bonds is 3. The number of hydrogen-bond acceptors (Lipinski definition) is 3. The summed E-state index contributed by atoms with van der Waals surface area (Å²) in [6.07, 6.45) is 17.8. The third kappa shape index (κ3) is 5.10. The minimum absolute atomic E-state index is 0.0645. The van der Waals surface area contributed by atoms with Crippen molar-refractivity contribution in [3.63, 3.8) is 0 Å². The lowest BCUT2D eigenvalue weighted by molar-refractivity contribution is 0.221. The van der Waals surface area contributed by atoms with Gasteiger partial charge >= 0.3 is 0 Å². The number of amidine groups is 1. The van der Waals surface area contributed by atoms with Gasteiger partial charge in [-0.1, -0.05) is 42.9 Å². The van der Waals surface area contributed by atoms with Gasteiger partial charge in [-0.15, -0.1) is 0 Å². The fourth-order valence-electron chi connectivity index (χ4n) is 2.58. The van der Waals surface area contributed by atoms with Crippen molar-refractivity contribution in [3.8, 4) is 0 Å². The summed E-state index contributed by atoms with van der Waals surface area (Å²) in [5.41, 5.74) is 1.36. The lowest BCUT2D eigenvalue weighted by Crippen LogP contribution is -2.32. The molecule has 0 aromatic heterocycles. The first-order valence-corrected chi connectivity index (χ1v) is 7.99. The van der Waals surface area contributed by atoms with Crippen molar-refractivity contribution in [3.05, 3.63) is 36.0 Å². The van der Waals surface area contributed by atoms with Crippen molar-refractivity contribution in [2.75, 3.05) is 7.05 Å². The zero-order chi connectivity index (χ0) is 15.8. The summed E-state index contributed by atoms with van der Waals surface area (Å²) >= 11 is 0. The first kappa shape index (κ1) is 16.4. The molecule has 0 aromatic carbocycles. The highest BCUT2D eigenvalue weighted by Crippen LogP contribution is 2.19. The van der Waals surface area contributed by atoms with Gasteiger partial charge in [-0.25, -0.2) is 9.98 Å². The van der Waals surface area contributed by atoms with Crippen molar-refractivity contribution in [1.82, 2.24) is 5.01 Å². The second kappa shape index (κ2) is 8.47. The van der Waals surface area contributed by atoms with Crippen LogP contribution >= 0.6 is 0 Å². The molecule has 0 bridgehead atoms. The Morgan fingerprint density at radius 3 is 3.00 bits per heavy atom. The van der Waals surface area contributed by atoms with Crippen molar-refractivity contribution >= 4 is 18.8 Å². The van der Waals surface area contributed by atoms with Crippen LogP contribution < -0.4 is 0 Å². The predicted molar refractivity (Wildman–Crippen MR) is 95.6 cm³/mol. The number of hydrazone groups is 1. The molecule has 0 saturated carbocycles. The number of allylic oxidation sites excluding steroid dienone is 5. The highest BCUT2D eigenvalue weighted by atomic mass is 15.5. The lowest BCUT2D eigenvalue weighted by atomic mass is 10.0. The molecule has 0 N–H and O–H groups in total. The number of hydrogen-bond donors (Lipinski definition) is 0. The van der Waals surface area contributed by atoms with Gasteiger partial charge in [-0.2, -0.15) is 5.10 Å². The Hall–Kier alpha value is -1.97. The zero-order valence-electron chi connectivity index (χ0n) is 13.7. The summed E-state index contributed by atoms with van der Waals surface area (Å²) in [5, 5.41) is 6.28. The van der Waals surface area contributed by atoms with Crippen LogP contribution in [0.4, 0.5) is 0 Å². The molecule has 4 nitrogen and oxygen atoms in total. The van der Waals surface area contributed by atoms with Crippen LogP contribution in [0, 0.1) is 5.92 Å². The molecule has 1 aliphatic carbocycles. The number of aliphatic imine (C=N–C) groups is 2. The molecule has 1 heterocycles. The molecule has 0 spiro atoms. The van der Waals surface area contributed by atoms with E-state index in [0.29, 0.717) is 5.92 Å². The third-order valence-electron chi connectivity index (χ3n) is 3.91. The highest BCUT2D eigenvalue weighted by Gasteiger charge is 2.20. The van der Waals surface area contributed by atoms with Gasteiger partial charge in [-0.3, -0.25) is 5.01 Å². The quantitative estimate of drug-likeness (QED) is 0.441. The molecule has 2 atom stereocenters. The number of nitrogens with zero attached hydrogens (tertiary/aromatic N) is 4. The van der Waals surface area contributed by atoms with E-state index in [2.05, 4.69) is 54.1 Å². The molecule has 1 aliphatic heterocycles. The van der Waals surface area contributed by atoms with Gasteiger partial charge in [0.2, 0.25) is 0 Å². The molecule has 0 fully saturated rings. The standard InChI is InChI=1S/C18H26N4/c1-15-12-18(22(3)20-14-15)21-17(19-2)13-16-10-8-6-4-5-7-9-11-16/h4-6,8,11,14-15,18H,2,7,9-10,12-13H2,1,3H3/b5-4-,8-6-,16-11+,21-17?. The zero-order valence-corrected chi connectivity index (χ0v) is 13.7. The van der Waals surface area contributed by atoms with E-state index in [9.17, 15) is 0 Å². The van der Waals surface area contributed by atoms with Gasteiger partial charge in [0.05, 0.1) is 0 Å². The molecule has 2 rings (SSSR count). The third-order valence-corrected chi connectivity index (χ3v) is 3.91. The maximum Gasteiger partial charge on any atom is 0.139 e. The van der Waals surface area contributed by atoms with E-state index in [-0.39, 0.29) is 6.17 Å². The summed E-state index contributed by atoms with van der Waals surface area (Å²) in [7, 11) is 1.96. The minimum atomic E-state index is 0.0645. The summed E-state index contributed by atoms with van der Waals surface area (Å²) in [6, 6.07) is 0. The molecule has 118 valence electrons. The van der Waals surface area contributed by atoms with Crippen LogP contribution in [-0.2, 0) is 0 Å². The molecule has 22 heavy (non-hydrogen) atoms. The second-order valence-corrected chi connectivity index (χ2v) is 5.91. The van der Waals surface area contributed by atoms with Crippen LogP contribution in [0.1, 0.15) is 39.0 Å². The predicted octanol–water partition coefficient (Wildman–Crippen LogP) is 3.98. The lowest BCUT2D eigenvalue weighted by Gasteiger charge is -2.28. The Bertz CT molecular complexity index is 525. The van der Waals surface area contributed by atoms with Crippen molar-refractivity contribution in [2.45, 2.75) is 45.2 Å². The Morgan fingerprint density at radius 1 is 1.36 bits per heavy atom. The second-order valence-electron chi connectivity index (χ2n) is 5.91. The smallest absolute Gasteiger partial charge is 0.139 e. The van der Waals surface area contributed by atoms with Crippen LogP contribution in [0.5, 0.6) is 0 Å². The van der Waals surface area contributed by atoms with E-state index < -0.39 is 0 Å². The normalized spacial score (nSPS) is 31.5. The summed E-state index contributed by atoms with van der Waals surface area (Å²) < 4.78 is 0. The van der Waals surface area contributed by atoms with Crippen LogP contribution in [0.2, 0.25) is 0 Å². The topological polar surface area (TPSA) is 40.3 Å². The fourth-order valence-corrected chi connectivity index (χ4v) is 2.58. The van der Waals surface area contributed by atoms with E-state index in [1.54, 1.807) is 0 Å². The molecule has 4 heteroatoms. The Kier molecular flexibility index (Phi) is 6.31. The van der Waals surface area contributed by atoms with Gasteiger partial charge in [0.25, 0.3) is 0 Å². The Balaban J connectivity index is 2.06. The molecular weight excluding hydrogens is 272 g/mol. The van der Waals surface area contributed by atoms with E-state index in [0.717, 1.165) is 37.9 Å². The highest BCUT2D eigenvalue weighted by molar-refractivity contribution is 5.88. The van der Waals surface area contributed by atoms with Crippen LogP contribution in [-0.4, -0.2) is 37.0 Å². The average molecular weight is 298 g/mol. The van der Waals surface area contributed by atoms with Crippen LogP contribution in [0.3, 0.4) is 0 Å². The van der Waals surface area contributed by atoms with E-state index in [4.69, 9.17) is 4.99 Å². The van der Waals surface area contributed by atoms with Crippen LogP contribution in [0.25, 0.3) is 0 Å². The van der Waals surface area contributed by atoms with Gasteiger partial charge in [0, 0.05) is 19.7 Å². The first-order valence-electron chi connectivity index (χ1n) is 7.99. The fraction of sp³-hybridized carbons (Fsp3) is 0.500. The first-order chi connectivity index (χ1) is 10.7. The van der Waals surface area contributed by atoms with Crippen molar-refractivity contribution in [2.24, 2.45) is 21.0 Å². The minimum Gasteiger partial charge on any atom is -0.276 e. The Labute approximate surface area is 133 Å². The molecule has 0 radical (unpaired) electrons. The maximum absolute atomic E-state index is 4.78. The monoisotopic (exact) mass is 298 g/mol. The van der Waals surface area contributed by atoms with Gasteiger partial charge in [-0.05, 0) is 38.3 Å². The molecule has 0 amide bonds. The summed E-state index contributed by atoms with van der Waals surface area (Å²) in [6.45, 7) is 5.87. The van der Waals surface area contributed by atoms with Gasteiger partial charge in [0.1, 0.15) is 12.0 Å². The van der Waals surface area contributed by atoms with Gasteiger partial charge in [0.15, 0.2) is 0 Å². The van der Waals surface area contributed by atoms with E-state index in [1.807, 2.05) is 18.3 Å². The van der Waals surface area contributed by atoms with Gasteiger partial charge < -0.3 is 0 Å². The SMILES string of the molecule is C=NC(C/C1=C/CC/C=C\C=C/C1)=NC1CC(C)C=NN1C. The summed E-state index contributed by atoms with van der Waals surface area (Å²) in [5.74, 6) is 1.27. The maximum atomic E-state index is 4.78. The molecule has 0 aromatic rings. The van der Waals surface area contributed by atoms with Crippen molar-refractivity contribution < 1.29 is 0 Å². The van der Waals surface area contributed by atoms with E-state index >= 15 is 0 Å². The molecular formula is C18H26N4. The average Bonchev–Trinajstić information content (AvgIpc) is 2.64. The largest absolute Gasteiger partial charge is 0.276 e.